The SMILES string of the molecule is CN1[CH-]N(c2[c-]c(Oc3[c-]c(N4[CH-]N(C)C(C)(C)c5ccccc54)ccc3)ccc2)c2nccnc21.[Pt+4]. The van der Waals surface area contributed by atoms with Gasteiger partial charge in [0.05, 0.1) is 0 Å². The van der Waals surface area contributed by atoms with Gasteiger partial charge in [0, 0.05) is 35.1 Å². The summed E-state index contributed by atoms with van der Waals surface area (Å²) >= 11 is 0. The van der Waals surface area contributed by atoms with Gasteiger partial charge in [-0.1, -0.05) is 23.9 Å². The van der Waals surface area contributed by atoms with E-state index in [1.165, 1.54) is 5.56 Å². The Bertz CT molecular complexity index is 1430. The van der Waals surface area contributed by atoms with Gasteiger partial charge in [-0.25, -0.2) is 9.97 Å². The van der Waals surface area contributed by atoms with Crippen LogP contribution in [0.25, 0.3) is 0 Å². The second kappa shape index (κ2) is 9.80. The number of ether oxygens (including phenoxy) is 1. The van der Waals surface area contributed by atoms with Gasteiger partial charge in [0.25, 0.3) is 0 Å². The molecule has 0 fully saturated rings. The summed E-state index contributed by atoms with van der Waals surface area (Å²) in [5, 5.41) is 0. The normalized spacial score (nSPS) is 16.2. The smallest absolute Gasteiger partial charge is 0.509 e. The molecule has 0 aliphatic carbocycles. The molecule has 0 N–H and O–H groups in total. The molecule has 4 aromatic rings. The van der Waals surface area contributed by atoms with Crippen molar-refractivity contribution >= 4 is 28.7 Å². The van der Waals surface area contributed by atoms with Gasteiger partial charge in [-0.3, -0.25) is 0 Å². The Morgan fingerprint density at radius 3 is 2.08 bits per heavy atom. The molecule has 0 unspecified atom stereocenters. The predicted molar refractivity (Wildman–Crippen MR) is 141 cm³/mol. The maximum absolute atomic E-state index is 6.23. The molecule has 0 radical (unpaired) electrons. The van der Waals surface area contributed by atoms with E-state index in [-0.39, 0.29) is 26.6 Å². The van der Waals surface area contributed by atoms with Gasteiger partial charge in [0.1, 0.15) is 11.6 Å². The second-order valence-electron chi connectivity index (χ2n) is 9.38. The van der Waals surface area contributed by atoms with Crippen molar-refractivity contribution in [2.75, 3.05) is 28.8 Å². The fourth-order valence-electron chi connectivity index (χ4n) is 4.55. The molecule has 0 amide bonds. The number of nitrogens with zero attached hydrogens (tertiary/aromatic N) is 6. The van der Waals surface area contributed by atoms with Gasteiger partial charge in [-0.15, -0.1) is 48.8 Å². The first kappa shape index (κ1) is 25.2. The van der Waals surface area contributed by atoms with Crippen LogP contribution in [0.3, 0.4) is 0 Å². The molecule has 2 aliphatic rings. The first-order chi connectivity index (χ1) is 17.4. The number of rotatable bonds is 4. The molecule has 0 bridgehead atoms. The van der Waals surface area contributed by atoms with Crippen molar-refractivity contribution in [2.45, 2.75) is 19.4 Å². The predicted octanol–water partition coefficient (Wildman–Crippen LogP) is 6.01. The molecule has 7 nitrogen and oxygen atoms in total. The molecular formula is C29H26N6OPt. The zero-order chi connectivity index (χ0) is 24.9. The van der Waals surface area contributed by atoms with E-state index in [0.717, 1.165) is 28.7 Å². The summed E-state index contributed by atoms with van der Waals surface area (Å²) in [5.74, 6) is 2.76. The zero-order valence-electron chi connectivity index (χ0n) is 21.0. The van der Waals surface area contributed by atoms with Gasteiger partial charge in [0.15, 0.2) is 0 Å². The van der Waals surface area contributed by atoms with E-state index in [4.69, 9.17) is 4.74 Å². The maximum Gasteiger partial charge on any atom is 4.00 e. The summed E-state index contributed by atoms with van der Waals surface area (Å²) in [4.78, 5) is 17.2. The topological polar surface area (TPSA) is 48.0 Å². The fourth-order valence-corrected chi connectivity index (χ4v) is 4.55. The van der Waals surface area contributed by atoms with Crippen molar-refractivity contribution in [3.63, 3.8) is 0 Å². The van der Waals surface area contributed by atoms with Gasteiger partial charge in [-0.05, 0) is 39.6 Å². The minimum atomic E-state index is -0.111. The first-order valence-corrected chi connectivity index (χ1v) is 11.8. The van der Waals surface area contributed by atoms with Crippen molar-refractivity contribution in [3.8, 4) is 11.5 Å². The summed E-state index contributed by atoms with van der Waals surface area (Å²) in [6, 6.07) is 27.0. The van der Waals surface area contributed by atoms with Crippen molar-refractivity contribution < 1.29 is 25.8 Å². The van der Waals surface area contributed by atoms with Crippen LogP contribution >= 0.6 is 0 Å². The summed E-state index contributed by atoms with van der Waals surface area (Å²) < 4.78 is 6.23. The van der Waals surface area contributed by atoms with E-state index in [2.05, 4.69) is 83.7 Å². The average Bonchev–Trinajstić information content (AvgIpc) is 3.23. The van der Waals surface area contributed by atoms with E-state index in [1.54, 1.807) is 12.4 Å². The standard InChI is InChI=1S/C29H26N6O.Pt/c1-29(2)25-13-5-6-14-26(25)34(20-33(29)4)21-9-7-11-23(17-21)36-24-12-8-10-22(18-24)35-19-32(3)27-28(35)31-16-15-30-27;/h5-16,19-20H,1-4H3;/q-4;+4. The Morgan fingerprint density at radius 1 is 0.757 bits per heavy atom. The number of hydrogen-bond acceptors (Lipinski definition) is 7. The summed E-state index contributed by atoms with van der Waals surface area (Å²) in [6.07, 6.45) is 3.38. The molecular weight excluding hydrogens is 643 g/mol. The van der Waals surface area contributed by atoms with Crippen LogP contribution < -0.4 is 19.4 Å². The van der Waals surface area contributed by atoms with E-state index in [0.29, 0.717) is 11.5 Å². The van der Waals surface area contributed by atoms with Crippen molar-refractivity contribution in [1.82, 2.24) is 14.9 Å². The van der Waals surface area contributed by atoms with Crippen LogP contribution in [0.15, 0.2) is 73.1 Å². The summed E-state index contributed by atoms with van der Waals surface area (Å²) in [6.45, 7) is 8.51. The fraction of sp³-hybridized carbons (Fsp3) is 0.172. The van der Waals surface area contributed by atoms with Gasteiger partial charge in [-0.2, -0.15) is 18.8 Å². The average molecular weight is 670 g/mol. The molecule has 0 spiro atoms. The number of fused-ring (bicyclic) bond motifs is 2. The molecule has 37 heavy (non-hydrogen) atoms. The molecule has 3 aromatic carbocycles. The van der Waals surface area contributed by atoms with Crippen LogP contribution in [0.5, 0.6) is 11.5 Å². The van der Waals surface area contributed by atoms with Gasteiger partial charge in [0.2, 0.25) is 0 Å². The first-order valence-electron chi connectivity index (χ1n) is 11.8. The third-order valence-electron chi connectivity index (χ3n) is 6.75. The van der Waals surface area contributed by atoms with Crippen LogP contribution in [0, 0.1) is 25.5 Å². The minimum Gasteiger partial charge on any atom is -0.509 e. The molecule has 3 heterocycles. The van der Waals surface area contributed by atoms with Crippen LogP contribution in [0.2, 0.25) is 0 Å². The number of hydrogen-bond donors (Lipinski definition) is 0. The van der Waals surface area contributed by atoms with E-state index < -0.39 is 0 Å². The number of para-hydroxylation sites is 1. The summed E-state index contributed by atoms with van der Waals surface area (Å²) in [7, 11) is 4.04. The Hall–Kier alpha value is -3.41. The van der Waals surface area contributed by atoms with Crippen LogP contribution in [-0.4, -0.2) is 29.0 Å². The molecule has 0 atom stereocenters. The van der Waals surface area contributed by atoms with Crippen molar-refractivity contribution in [2.24, 2.45) is 0 Å². The zero-order valence-corrected chi connectivity index (χ0v) is 23.3. The number of benzene rings is 3. The van der Waals surface area contributed by atoms with Crippen LogP contribution in [-0.2, 0) is 26.6 Å². The minimum absolute atomic E-state index is 0. The maximum atomic E-state index is 6.23. The third kappa shape index (κ3) is 4.47. The van der Waals surface area contributed by atoms with Crippen molar-refractivity contribution in [1.29, 1.82) is 0 Å². The largest absolute Gasteiger partial charge is 4.00 e. The third-order valence-corrected chi connectivity index (χ3v) is 6.75. The quantitative estimate of drug-likeness (QED) is 0.247. The van der Waals surface area contributed by atoms with E-state index in [1.807, 2.05) is 59.9 Å². The molecule has 2 aliphatic heterocycles. The molecule has 6 rings (SSSR count). The monoisotopic (exact) mass is 669 g/mol. The Kier molecular flexibility index (Phi) is 6.69. The summed E-state index contributed by atoms with van der Waals surface area (Å²) in [5.41, 5.74) is 4.00. The molecule has 8 heteroatoms. The second-order valence-corrected chi connectivity index (χ2v) is 9.38. The molecule has 188 valence electrons. The van der Waals surface area contributed by atoms with Gasteiger partial charge < -0.3 is 24.3 Å². The molecule has 1 aromatic heterocycles. The van der Waals surface area contributed by atoms with Crippen molar-refractivity contribution in [3.05, 3.63) is 104 Å². The van der Waals surface area contributed by atoms with Crippen LogP contribution in [0.4, 0.5) is 28.7 Å². The number of aromatic nitrogens is 2. The number of anilines is 5. The van der Waals surface area contributed by atoms with Gasteiger partial charge >= 0.3 is 21.1 Å². The molecule has 0 saturated heterocycles. The van der Waals surface area contributed by atoms with E-state index >= 15 is 0 Å². The van der Waals surface area contributed by atoms with E-state index in [9.17, 15) is 0 Å². The Balaban J connectivity index is 0.00000280. The molecule has 0 saturated carbocycles. The Labute approximate surface area is 232 Å². The Morgan fingerprint density at radius 2 is 1.38 bits per heavy atom. The van der Waals surface area contributed by atoms with Crippen LogP contribution in [0.1, 0.15) is 19.4 Å².